The van der Waals surface area contributed by atoms with Gasteiger partial charge in [0.15, 0.2) is 0 Å². The van der Waals surface area contributed by atoms with Crippen LogP contribution in [0.25, 0.3) is 11.1 Å². The molecule has 1 heterocycles. The molecule has 0 spiro atoms. The van der Waals surface area contributed by atoms with Crippen molar-refractivity contribution in [1.29, 1.82) is 10.5 Å². The molecule has 0 saturated carbocycles. The summed E-state index contributed by atoms with van der Waals surface area (Å²) in [5.41, 5.74) is 7.06. The van der Waals surface area contributed by atoms with Crippen molar-refractivity contribution in [1.82, 2.24) is 4.98 Å². The van der Waals surface area contributed by atoms with Crippen molar-refractivity contribution in [3.05, 3.63) is 59.7 Å². The Morgan fingerprint density at radius 2 is 1.62 bits per heavy atom. The fourth-order valence-electron chi connectivity index (χ4n) is 2.45. The van der Waals surface area contributed by atoms with E-state index in [1.54, 1.807) is 24.3 Å². The van der Waals surface area contributed by atoms with Gasteiger partial charge in [0.1, 0.15) is 40.0 Å². The first-order valence-electron chi connectivity index (χ1n) is 7.43. The van der Waals surface area contributed by atoms with Crippen LogP contribution in [0.15, 0.2) is 58.5 Å². The zero-order valence-corrected chi connectivity index (χ0v) is 14.2. The smallest absolute Gasteiger partial charge is 0.143 e. The van der Waals surface area contributed by atoms with Crippen LogP contribution >= 0.6 is 11.8 Å². The van der Waals surface area contributed by atoms with Gasteiger partial charge in [0.25, 0.3) is 0 Å². The lowest BCUT2D eigenvalue weighted by molar-refractivity contribution is 0.474. The van der Waals surface area contributed by atoms with Gasteiger partial charge in [-0.25, -0.2) is 4.98 Å². The van der Waals surface area contributed by atoms with Crippen LogP contribution in [0, 0.1) is 22.7 Å². The summed E-state index contributed by atoms with van der Waals surface area (Å²) in [6.45, 7) is 0. The molecule has 4 N–H and O–H groups in total. The topological polar surface area (TPSA) is 127 Å². The Morgan fingerprint density at radius 1 is 0.923 bits per heavy atom. The molecule has 0 saturated heterocycles. The minimum Gasteiger partial charge on any atom is -0.508 e. The Balaban J connectivity index is 2.23. The minimum absolute atomic E-state index is 0.00567. The van der Waals surface area contributed by atoms with E-state index in [2.05, 4.69) is 11.1 Å². The van der Waals surface area contributed by atoms with Gasteiger partial charge in [0, 0.05) is 10.5 Å². The molecular formula is C19H12N4O2S. The van der Waals surface area contributed by atoms with E-state index >= 15 is 0 Å². The fraction of sp³-hybridized carbons (Fsp3) is 0. The molecule has 26 heavy (non-hydrogen) atoms. The second-order valence-electron chi connectivity index (χ2n) is 5.30. The standard InChI is InChI=1S/C19H12N4O2S/c20-9-15-17(11-2-1-3-13(25)8-11)16(10-21)19(23-18(15)22)26-14-6-4-12(24)5-7-14/h1-8,24-25H,(H2,22,23). The van der Waals surface area contributed by atoms with E-state index in [0.29, 0.717) is 16.2 Å². The number of rotatable bonds is 3. The molecule has 3 aromatic rings. The van der Waals surface area contributed by atoms with Crippen molar-refractivity contribution in [2.75, 3.05) is 5.73 Å². The third kappa shape index (κ3) is 3.25. The van der Waals surface area contributed by atoms with Crippen LogP contribution in [0.3, 0.4) is 0 Å². The van der Waals surface area contributed by atoms with Crippen LogP contribution in [0.2, 0.25) is 0 Å². The molecule has 0 bridgehead atoms. The molecule has 0 radical (unpaired) electrons. The zero-order chi connectivity index (χ0) is 18.7. The highest BCUT2D eigenvalue weighted by molar-refractivity contribution is 7.99. The van der Waals surface area contributed by atoms with Crippen LogP contribution in [0.1, 0.15) is 11.1 Å². The Labute approximate surface area is 153 Å². The summed E-state index contributed by atoms with van der Waals surface area (Å²) < 4.78 is 0. The lowest BCUT2D eigenvalue weighted by atomic mass is 9.97. The second kappa shape index (κ2) is 7.06. The Morgan fingerprint density at radius 3 is 2.23 bits per heavy atom. The summed E-state index contributed by atoms with van der Waals surface area (Å²) in [5, 5.41) is 38.7. The first-order chi connectivity index (χ1) is 12.5. The lowest BCUT2D eigenvalue weighted by Gasteiger charge is -2.13. The molecule has 7 heteroatoms. The Kier molecular flexibility index (Phi) is 4.66. The molecule has 0 fully saturated rings. The average molecular weight is 360 g/mol. The zero-order valence-electron chi connectivity index (χ0n) is 13.3. The van der Waals surface area contributed by atoms with Gasteiger partial charge in [-0.15, -0.1) is 0 Å². The number of aromatic hydroxyl groups is 2. The molecule has 3 rings (SSSR count). The highest BCUT2D eigenvalue weighted by Gasteiger charge is 2.21. The first-order valence-corrected chi connectivity index (χ1v) is 8.25. The van der Waals surface area contributed by atoms with Gasteiger partial charge in [-0.1, -0.05) is 23.9 Å². The predicted octanol–water partition coefficient (Wildman–Crippen LogP) is 3.64. The van der Waals surface area contributed by atoms with E-state index in [-0.39, 0.29) is 28.4 Å². The molecule has 126 valence electrons. The minimum atomic E-state index is 0.00567. The van der Waals surface area contributed by atoms with Gasteiger partial charge >= 0.3 is 0 Å². The third-order valence-electron chi connectivity index (χ3n) is 3.60. The van der Waals surface area contributed by atoms with Crippen LogP contribution < -0.4 is 5.73 Å². The summed E-state index contributed by atoms with van der Waals surface area (Å²) in [6, 6.07) is 16.8. The number of hydrogen-bond donors (Lipinski definition) is 3. The number of hydrogen-bond acceptors (Lipinski definition) is 7. The number of aromatic nitrogens is 1. The van der Waals surface area contributed by atoms with Crippen LogP contribution in [0.5, 0.6) is 11.5 Å². The van der Waals surface area contributed by atoms with E-state index in [0.717, 1.165) is 4.90 Å². The number of pyridine rings is 1. The molecule has 1 aromatic heterocycles. The number of nitrogen functional groups attached to an aromatic ring is 1. The molecule has 0 amide bonds. The lowest BCUT2D eigenvalue weighted by Crippen LogP contribution is -2.03. The molecule has 6 nitrogen and oxygen atoms in total. The first kappa shape index (κ1) is 17.2. The summed E-state index contributed by atoms with van der Waals surface area (Å²) >= 11 is 1.20. The van der Waals surface area contributed by atoms with E-state index in [4.69, 9.17) is 5.73 Å². The van der Waals surface area contributed by atoms with Crippen LogP contribution in [-0.4, -0.2) is 15.2 Å². The average Bonchev–Trinajstić information content (AvgIpc) is 2.63. The molecule has 0 aliphatic rings. The van der Waals surface area contributed by atoms with Gasteiger partial charge in [-0.3, -0.25) is 0 Å². The van der Waals surface area contributed by atoms with E-state index in [1.165, 1.54) is 36.0 Å². The molecule has 0 aliphatic heterocycles. The maximum atomic E-state index is 9.76. The van der Waals surface area contributed by atoms with Crippen molar-refractivity contribution in [2.45, 2.75) is 9.92 Å². The van der Waals surface area contributed by atoms with Gasteiger partial charge in [-0.2, -0.15) is 10.5 Å². The largest absolute Gasteiger partial charge is 0.508 e. The van der Waals surface area contributed by atoms with E-state index in [9.17, 15) is 20.7 Å². The van der Waals surface area contributed by atoms with Crippen LogP contribution in [0.4, 0.5) is 5.82 Å². The number of phenolic OH excluding ortho intramolecular Hbond substituents is 2. The van der Waals surface area contributed by atoms with Crippen LogP contribution in [-0.2, 0) is 0 Å². The van der Waals surface area contributed by atoms with Crippen molar-refractivity contribution < 1.29 is 10.2 Å². The summed E-state index contributed by atoms with van der Waals surface area (Å²) in [5.74, 6) is 0.145. The van der Waals surface area contributed by atoms with Gasteiger partial charge in [0.05, 0.1) is 5.56 Å². The van der Waals surface area contributed by atoms with Gasteiger partial charge in [0.2, 0.25) is 0 Å². The number of anilines is 1. The summed E-state index contributed by atoms with van der Waals surface area (Å²) in [4.78, 5) is 4.96. The third-order valence-corrected chi connectivity index (χ3v) is 4.60. The number of phenols is 2. The number of nitriles is 2. The Hall–Kier alpha value is -3.68. The highest BCUT2D eigenvalue weighted by Crippen LogP contribution is 2.39. The number of benzene rings is 2. The second-order valence-corrected chi connectivity index (χ2v) is 6.36. The molecule has 0 unspecified atom stereocenters. The summed E-state index contributed by atoms with van der Waals surface area (Å²) in [7, 11) is 0. The number of nitrogens with two attached hydrogens (primary N) is 1. The maximum Gasteiger partial charge on any atom is 0.143 e. The van der Waals surface area contributed by atoms with Gasteiger partial charge < -0.3 is 15.9 Å². The Bertz CT molecular complexity index is 1070. The maximum absolute atomic E-state index is 9.76. The van der Waals surface area contributed by atoms with E-state index in [1.807, 2.05) is 6.07 Å². The number of nitrogens with zero attached hydrogens (tertiary/aromatic N) is 3. The van der Waals surface area contributed by atoms with Gasteiger partial charge in [-0.05, 0) is 42.0 Å². The SMILES string of the molecule is N#Cc1c(N)nc(Sc2ccc(O)cc2)c(C#N)c1-c1cccc(O)c1. The summed E-state index contributed by atoms with van der Waals surface area (Å²) in [6.07, 6.45) is 0. The molecule has 0 atom stereocenters. The molecule has 0 aliphatic carbocycles. The van der Waals surface area contributed by atoms with Crippen molar-refractivity contribution >= 4 is 17.6 Å². The normalized spacial score (nSPS) is 10.1. The van der Waals surface area contributed by atoms with Crippen molar-refractivity contribution in [2.24, 2.45) is 0 Å². The fourth-order valence-corrected chi connectivity index (χ4v) is 3.34. The van der Waals surface area contributed by atoms with Crippen molar-refractivity contribution in [3.63, 3.8) is 0 Å². The quantitative estimate of drug-likeness (QED) is 0.650. The predicted molar refractivity (Wildman–Crippen MR) is 97.4 cm³/mol. The van der Waals surface area contributed by atoms with E-state index < -0.39 is 0 Å². The van der Waals surface area contributed by atoms with Crippen molar-refractivity contribution in [3.8, 4) is 34.8 Å². The monoisotopic (exact) mass is 360 g/mol. The molecule has 2 aromatic carbocycles. The molecular weight excluding hydrogens is 348 g/mol. The highest BCUT2D eigenvalue weighted by atomic mass is 32.2.